The molecule has 5 rings (SSSR count). The van der Waals surface area contributed by atoms with Crippen LogP contribution in [0.4, 0.5) is 11.6 Å². The molecule has 8 heteroatoms. The van der Waals surface area contributed by atoms with Gasteiger partial charge in [0.15, 0.2) is 0 Å². The maximum Gasteiger partial charge on any atom is 0.255 e. The second kappa shape index (κ2) is 10.9. The highest BCUT2D eigenvalue weighted by atomic mass is 35.5. The van der Waals surface area contributed by atoms with Crippen molar-refractivity contribution in [3.05, 3.63) is 111 Å². The molecule has 0 saturated heterocycles. The first-order valence-corrected chi connectivity index (χ1v) is 14.3. The van der Waals surface area contributed by atoms with E-state index in [1.54, 1.807) is 0 Å². The van der Waals surface area contributed by atoms with E-state index in [1.165, 1.54) is 17.3 Å². The Bertz CT molecular complexity index is 1550. The molecule has 6 nitrogen and oxygen atoms in total. The summed E-state index contributed by atoms with van der Waals surface area (Å²) in [6.45, 7) is 10.5. The van der Waals surface area contributed by atoms with E-state index in [1.807, 2.05) is 67.1 Å². The first-order valence-electron chi connectivity index (χ1n) is 12.9. The summed E-state index contributed by atoms with van der Waals surface area (Å²) in [6.07, 6.45) is 0. The maximum atomic E-state index is 13.8. The molecule has 2 N–H and O–H groups in total. The number of nitrogens with zero attached hydrogens (tertiary/aromatic N) is 3. The lowest BCUT2D eigenvalue weighted by Crippen LogP contribution is -2.31. The topological polar surface area (TPSA) is 71.8 Å². The number of carbonyl (C=O) groups excluding carboxylic acids is 1. The molecule has 3 aromatic carbocycles. The van der Waals surface area contributed by atoms with Crippen LogP contribution in [0.5, 0.6) is 0 Å². The quantitative estimate of drug-likeness (QED) is 0.237. The Morgan fingerprint density at radius 2 is 1.79 bits per heavy atom. The van der Waals surface area contributed by atoms with E-state index in [0.717, 1.165) is 33.1 Å². The average Bonchev–Trinajstić information content (AvgIpc) is 3.29. The number of hydrogen-bond donors (Lipinski definition) is 2. The van der Waals surface area contributed by atoms with Crippen LogP contribution in [0, 0.1) is 6.92 Å². The minimum absolute atomic E-state index is 0.0186. The summed E-state index contributed by atoms with van der Waals surface area (Å²) in [5.74, 6) is 1.06. The van der Waals surface area contributed by atoms with Gasteiger partial charge in [0.05, 0.1) is 5.57 Å². The molecule has 1 atom stereocenters. The number of anilines is 2. The fraction of sp³-hybridized carbons (Fsp3) is 0.258. The van der Waals surface area contributed by atoms with Gasteiger partial charge in [0.1, 0.15) is 6.04 Å². The number of fused-ring (bicyclic) bond motifs is 1. The lowest BCUT2D eigenvalue weighted by molar-refractivity contribution is -0.113. The van der Waals surface area contributed by atoms with E-state index in [0.29, 0.717) is 22.4 Å². The Morgan fingerprint density at radius 1 is 1.05 bits per heavy atom. The molecule has 2 heterocycles. The van der Waals surface area contributed by atoms with Gasteiger partial charge in [-0.25, -0.2) is 4.68 Å². The standard InChI is InChI=1S/C31H32ClN5OS/c1-19-9-8-11-24(17-19)34-28(38)26-20(2)33-29-35-30(39-18-22-10-6-7-12-25(22)32)36-37(29)27(26)21-13-15-23(16-14-21)31(3,4)5/h6-17,27H,18H2,1-5H3,(H,34,38)(H,33,35,36). The number of hydrogen-bond acceptors (Lipinski definition) is 5. The zero-order valence-corrected chi connectivity index (χ0v) is 24.3. The highest BCUT2D eigenvalue weighted by Gasteiger charge is 2.34. The number of carbonyl (C=O) groups is 1. The van der Waals surface area contributed by atoms with Crippen molar-refractivity contribution in [2.24, 2.45) is 0 Å². The Hall–Kier alpha value is -3.55. The molecule has 0 spiro atoms. The molecular weight excluding hydrogens is 526 g/mol. The van der Waals surface area contributed by atoms with Crippen LogP contribution in [0.25, 0.3) is 0 Å². The highest BCUT2D eigenvalue weighted by molar-refractivity contribution is 7.98. The van der Waals surface area contributed by atoms with Gasteiger partial charge >= 0.3 is 0 Å². The molecule has 1 aromatic heterocycles. The van der Waals surface area contributed by atoms with Gasteiger partial charge in [0, 0.05) is 22.2 Å². The smallest absolute Gasteiger partial charge is 0.255 e. The number of nitrogens with one attached hydrogen (secondary N) is 2. The second-order valence-electron chi connectivity index (χ2n) is 10.8. The first-order chi connectivity index (χ1) is 18.6. The van der Waals surface area contributed by atoms with Gasteiger partial charge in [-0.1, -0.05) is 98.7 Å². The summed E-state index contributed by atoms with van der Waals surface area (Å²) < 4.78 is 1.82. The lowest BCUT2D eigenvalue weighted by atomic mass is 9.85. The van der Waals surface area contributed by atoms with Crippen molar-refractivity contribution in [3.8, 4) is 0 Å². The molecular formula is C31H32ClN5OS. The largest absolute Gasteiger partial charge is 0.328 e. The van der Waals surface area contributed by atoms with Crippen molar-refractivity contribution in [1.29, 1.82) is 0 Å². The number of rotatable bonds is 6. The van der Waals surface area contributed by atoms with Crippen LogP contribution in [-0.2, 0) is 16.0 Å². The van der Waals surface area contributed by atoms with Crippen molar-refractivity contribution < 1.29 is 4.79 Å². The molecule has 1 aliphatic heterocycles. The monoisotopic (exact) mass is 557 g/mol. The average molecular weight is 558 g/mol. The summed E-state index contributed by atoms with van der Waals surface area (Å²) in [5.41, 5.74) is 6.40. The van der Waals surface area contributed by atoms with Gasteiger partial charge < -0.3 is 10.6 Å². The van der Waals surface area contributed by atoms with E-state index >= 15 is 0 Å². The first kappa shape index (κ1) is 27.0. The molecule has 0 aliphatic carbocycles. The Labute approximate surface area is 238 Å². The molecule has 4 aromatic rings. The summed E-state index contributed by atoms with van der Waals surface area (Å²) in [6, 6.07) is 23.6. The van der Waals surface area contributed by atoms with E-state index in [2.05, 4.69) is 55.7 Å². The summed E-state index contributed by atoms with van der Waals surface area (Å²) in [4.78, 5) is 18.5. The molecule has 0 saturated carbocycles. The van der Waals surface area contributed by atoms with E-state index in [9.17, 15) is 4.79 Å². The van der Waals surface area contributed by atoms with Crippen LogP contribution in [-0.4, -0.2) is 20.7 Å². The van der Waals surface area contributed by atoms with Gasteiger partial charge in [-0.2, -0.15) is 4.98 Å². The number of aromatic nitrogens is 3. The molecule has 1 unspecified atom stereocenters. The Morgan fingerprint density at radius 3 is 2.49 bits per heavy atom. The molecule has 39 heavy (non-hydrogen) atoms. The zero-order valence-electron chi connectivity index (χ0n) is 22.7. The normalized spacial score (nSPS) is 15.1. The van der Waals surface area contributed by atoms with Crippen LogP contribution in [0.3, 0.4) is 0 Å². The van der Waals surface area contributed by atoms with Gasteiger partial charge in [-0.3, -0.25) is 4.79 Å². The number of halogens is 1. The fourth-order valence-electron chi connectivity index (χ4n) is 4.64. The maximum absolute atomic E-state index is 13.8. The third-order valence-electron chi connectivity index (χ3n) is 6.76. The molecule has 1 amide bonds. The van der Waals surface area contributed by atoms with Gasteiger partial charge in [-0.05, 0) is 59.7 Å². The summed E-state index contributed by atoms with van der Waals surface area (Å²) in [7, 11) is 0. The zero-order chi connectivity index (χ0) is 27.7. The third kappa shape index (κ3) is 5.89. The Kier molecular flexibility index (Phi) is 7.56. The number of thioether (sulfide) groups is 1. The Balaban J connectivity index is 1.51. The fourth-order valence-corrected chi connectivity index (χ4v) is 5.75. The minimum atomic E-state index is -0.442. The van der Waals surface area contributed by atoms with Gasteiger partial charge in [0.25, 0.3) is 5.91 Å². The van der Waals surface area contributed by atoms with Gasteiger partial charge in [0.2, 0.25) is 11.1 Å². The summed E-state index contributed by atoms with van der Waals surface area (Å²) in [5, 5.41) is 12.6. The van der Waals surface area contributed by atoms with Crippen molar-refractivity contribution in [1.82, 2.24) is 14.8 Å². The van der Waals surface area contributed by atoms with E-state index in [-0.39, 0.29) is 11.3 Å². The predicted molar refractivity (Wildman–Crippen MR) is 160 cm³/mol. The van der Waals surface area contributed by atoms with Crippen molar-refractivity contribution >= 4 is 40.9 Å². The number of allylic oxidation sites excluding steroid dienone is 1. The van der Waals surface area contributed by atoms with E-state index in [4.69, 9.17) is 21.7 Å². The van der Waals surface area contributed by atoms with Gasteiger partial charge in [-0.15, -0.1) is 5.10 Å². The van der Waals surface area contributed by atoms with Crippen molar-refractivity contribution in [2.75, 3.05) is 10.6 Å². The van der Waals surface area contributed by atoms with Crippen molar-refractivity contribution in [3.63, 3.8) is 0 Å². The van der Waals surface area contributed by atoms with Crippen molar-refractivity contribution in [2.45, 2.75) is 57.0 Å². The summed E-state index contributed by atoms with van der Waals surface area (Å²) >= 11 is 7.88. The van der Waals surface area contributed by atoms with Crippen LogP contribution < -0.4 is 10.6 Å². The predicted octanol–water partition coefficient (Wildman–Crippen LogP) is 7.76. The number of amides is 1. The van der Waals surface area contributed by atoms with Crippen LogP contribution in [0.1, 0.15) is 56.0 Å². The highest BCUT2D eigenvalue weighted by Crippen LogP contribution is 2.38. The molecule has 1 aliphatic rings. The second-order valence-corrected chi connectivity index (χ2v) is 12.2. The number of benzene rings is 3. The van der Waals surface area contributed by atoms with E-state index < -0.39 is 6.04 Å². The van der Waals surface area contributed by atoms with Crippen LogP contribution >= 0.6 is 23.4 Å². The number of aryl methyl sites for hydroxylation is 1. The SMILES string of the molecule is CC1=C(C(=O)Nc2cccc(C)c2)C(c2ccc(C(C)(C)C)cc2)n2nc(SCc3ccccc3Cl)nc2N1. The molecule has 200 valence electrons. The molecule has 0 radical (unpaired) electrons. The lowest BCUT2D eigenvalue weighted by Gasteiger charge is -2.29. The minimum Gasteiger partial charge on any atom is -0.328 e. The molecule has 0 fully saturated rings. The third-order valence-corrected chi connectivity index (χ3v) is 8.02. The van der Waals surface area contributed by atoms with Crippen LogP contribution in [0.2, 0.25) is 5.02 Å². The molecule has 0 bridgehead atoms. The van der Waals surface area contributed by atoms with Crippen LogP contribution in [0.15, 0.2) is 89.2 Å².